The number of carboxylic acid groups (broad SMARTS) is 1. The Hall–Kier alpha value is 0.940. The van der Waals surface area contributed by atoms with E-state index in [0.29, 0.717) is 41.3 Å². The zero-order chi connectivity index (χ0) is 70.3. The van der Waals surface area contributed by atoms with Gasteiger partial charge in [0.15, 0.2) is 40.7 Å². The van der Waals surface area contributed by atoms with Crippen molar-refractivity contribution >= 4 is 143 Å². The summed E-state index contributed by atoms with van der Waals surface area (Å²) >= 11 is 7.96. The molecule has 512 valence electrons. The zero-order valence-corrected chi connectivity index (χ0v) is 71.9. The lowest BCUT2D eigenvalue weighted by atomic mass is 9.99. The Bertz CT molecular complexity index is 2200. The van der Waals surface area contributed by atoms with E-state index < -0.39 is 31.4 Å². The Morgan fingerprint density at radius 2 is 0.742 bits per heavy atom. The summed E-state index contributed by atoms with van der Waals surface area (Å²) in [5.41, 5.74) is 14.1. The van der Waals surface area contributed by atoms with E-state index in [0.717, 1.165) is 82.2 Å². The van der Waals surface area contributed by atoms with Crippen molar-refractivity contribution < 1.29 is 51.3 Å². The molecule has 0 aromatic carbocycles. The van der Waals surface area contributed by atoms with Crippen molar-refractivity contribution in [3.8, 4) is 0 Å². The zero-order valence-electron chi connectivity index (χ0n) is 56.6. The molecule has 0 aromatic rings. The molecule has 89 heavy (non-hydrogen) atoms. The SMILES string of the molecule is C=C(C)CCPP=O.CC(C)=CCC/C(C)=C/CC/C(C)=C/CPP=O.CC(C)=CCC/C(C)=C/CCC/C(C)=C/CC/C(C)=C/CPP=O.CC(C)=CCC/C(C)=C/CPP=O.CC(C)=CCPP=O.C[C@@](O)(CCO)CC(=O)[O-].F[P+](P)=S.F[P+](P)=S. The summed E-state index contributed by atoms with van der Waals surface area (Å²) in [6, 6.07) is 0. The third-order valence-electron chi connectivity index (χ3n) is 11.0. The van der Waals surface area contributed by atoms with Crippen LogP contribution >= 0.6 is 113 Å². The first-order valence-electron chi connectivity index (χ1n) is 29.3. The van der Waals surface area contributed by atoms with Crippen LogP contribution in [0.4, 0.5) is 8.39 Å². The molecule has 0 aromatic heterocycles. The molecule has 0 amide bonds. The second-order valence-corrected chi connectivity index (χ2v) is 41.9. The molecule has 0 saturated carbocycles. The van der Waals surface area contributed by atoms with Gasteiger partial charge >= 0.3 is 13.4 Å². The average molecular weight is 1540 g/mol. The number of hydrogen-bond donors (Lipinski definition) is 2. The number of hydrogen-bond acceptors (Lipinski definition) is 11. The van der Waals surface area contributed by atoms with Crippen LogP contribution in [-0.2, 0) is 51.2 Å². The molecule has 0 aliphatic heterocycles. The summed E-state index contributed by atoms with van der Waals surface area (Å²) in [5, 5.41) is 27.4. The van der Waals surface area contributed by atoms with Crippen molar-refractivity contribution in [2.75, 3.05) is 37.4 Å². The monoisotopic (exact) mass is 1540 g/mol. The molecule has 0 radical (unpaired) electrons. The van der Waals surface area contributed by atoms with Crippen molar-refractivity contribution in [1.29, 1.82) is 0 Å². The Morgan fingerprint density at radius 1 is 0.483 bits per heavy atom. The van der Waals surface area contributed by atoms with Crippen molar-refractivity contribution in [1.82, 2.24) is 0 Å². The highest BCUT2D eigenvalue weighted by Crippen LogP contribution is 2.32. The lowest BCUT2D eigenvalue weighted by Crippen LogP contribution is -2.35. The van der Waals surface area contributed by atoms with E-state index in [1.54, 1.807) is 0 Å². The fraction of sp³-hybridized carbons (Fsp3) is 0.629. The molecule has 0 aliphatic rings. The van der Waals surface area contributed by atoms with Gasteiger partial charge in [-0.3, -0.25) is 22.8 Å². The van der Waals surface area contributed by atoms with Crippen LogP contribution in [0.2, 0.25) is 0 Å². The summed E-state index contributed by atoms with van der Waals surface area (Å²) in [7, 11) is 7.85. The van der Waals surface area contributed by atoms with E-state index >= 15 is 0 Å². The molecule has 9 nitrogen and oxygen atoms in total. The van der Waals surface area contributed by atoms with Crippen LogP contribution in [0.15, 0.2) is 129 Å². The fourth-order valence-corrected chi connectivity index (χ4v) is 11.6. The van der Waals surface area contributed by atoms with Gasteiger partial charge in [0.2, 0.25) is 23.6 Å². The van der Waals surface area contributed by atoms with Gasteiger partial charge in [0.25, 0.3) is 0 Å². The number of unbranched alkanes of at least 4 members (excludes halogenated alkanes) is 1. The Labute approximate surface area is 575 Å². The second kappa shape index (κ2) is 83.2. The van der Waals surface area contributed by atoms with Gasteiger partial charge in [0.05, 0.1) is 5.60 Å². The third-order valence-corrected chi connectivity index (χ3v) is 18.5. The Morgan fingerprint density at radius 3 is 1.00 bits per heavy atom. The molecule has 27 heteroatoms. The van der Waals surface area contributed by atoms with Crippen molar-refractivity contribution in [3.05, 3.63) is 129 Å². The molecule has 9 unspecified atom stereocenters. The quantitative estimate of drug-likeness (QED) is 0.0342. The fourth-order valence-electron chi connectivity index (χ4n) is 6.21. The largest absolute Gasteiger partial charge is 0.550 e. The molecule has 10 atom stereocenters. The van der Waals surface area contributed by atoms with Gasteiger partial charge in [-0.15, -0.1) is 6.58 Å². The van der Waals surface area contributed by atoms with E-state index in [9.17, 15) is 41.1 Å². The van der Waals surface area contributed by atoms with Gasteiger partial charge in [0.1, 0.15) is 17.9 Å². The highest BCUT2D eigenvalue weighted by Gasteiger charge is 2.19. The van der Waals surface area contributed by atoms with Crippen LogP contribution in [0.5, 0.6) is 0 Å². The van der Waals surface area contributed by atoms with E-state index in [2.05, 4.69) is 174 Å². The number of carboxylic acids is 1. The van der Waals surface area contributed by atoms with Gasteiger partial charge in [-0.25, -0.2) is 0 Å². The maximum absolute atomic E-state index is 10.8. The van der Waals surface area contributed by atoms with E-state index in [-0.39, 0.29) is 53.8 Å². The summed E-state index contributed by atoms with van der Waals surface area (Å²) in [4.78, 5) is 9.94. The highest BCUT2D eigenvalue weighted by atomic mass is 32.6. The second-order valence-electron chi connectivity index (χ2n) is 21.6. The van der Waals surface area contributed by atoms with Gasteiger partial charge in [-0.2, -0.15) is 0 Å². The van der Waals surface area contributed by atoms with E-state index in [4.69, 9.17) is 10.2 Å². The van der Waals surface area contributed by atoms with Gasteiger partial charge < -0.3 is 20.1 Å². The first kappa shape index (κ1) is 106. The highest BCUT2D eigenvalue weighted by molar-refractivity contribution is 8.31. The molecule has 0 aliphatic carbocycles. The van der Waals surface area contributed by atoms with Crippen molar-refractivity contribution in [2.45, 2.75) is 219 Å². The molecule has 0 fully saturated rings. The minimum Gasteiger partial charge on any atom is -0.550 e. The number of aliphatic hydroxyl groups excluding tert-OH is 1. The van der Waals surface area contributed by atoms with Crippen LogP contribution < -0.4 is 5.11 Å². The Kier molecular flexibility index (Phi) is 99.0. The number of aliphatic carboxylic acids is 1. The lowest BCUT2D eigenvalue weighted by molar-refractivity contribution is -0.309. The molecular weight excluding hydrogens is 1420 g/mol. The first-order chi connectivity index (χ1) is 41.7. The van der Waals surface area contributed by atoms with Gasteiger partial charge in [-0.1, -0.05) is 122 Å². The normalized spacial score (nSPS) is 13.1. The topological polar surface area (TPSA) is 166 Å². The van der Waals surface area contributed by atoms with Crippen molar-refractivity contribution in [3.63, 3.8) is 0 Å². The molecule has 0 rings (SSSR count). The first-order valence-corrected chi connectivity index (χ1v) is 51.4. The van der Waals surface area contributed by atoms with Crippen LogP contribution in [-0.4, -0.2) is 59.2 Å². The summed E-state index contributed by atoms with van der Waals surface area (Å²) in [6.07, 6.45) is 43.4. The number of aliphatic hydroxyl groups is 2. The minimum atomic E-state index is -1.62. The molecule has 0 heterocycles. The average Bonchev–Trinajstić information content (AvgIpc) is 3.56. The molecule has 0 bridgehead atoms. The standard InChI is InChI=1S/C21H36OP2.C15H26OP2.C10H18OP2.C6H12O4.2C5H10OP2.2FH2P2S/c1-18(2)10-8-13-19(3)11-6-7-12-20(4)14-9-15-21(5)16-17-23-24-22;1-13(2)7-5-8-14(3)9-6-10-15(4)11-12-17-18-16;1-9(2)5-4-6-10(3)7-8-12-13-11;1-6(10,2-3-7)4-5(8)9;2*1-5(2)3-4-7-8-6;2*1-3(2)4/h10-11,14,16,23H,6-9,12-13,15,17H2,1-5H3;7,9,11,17H,5-6,8,10,12H2,1-4H3;5,7,12H,4,6,8H2,1-3H3;7,10H,2-4H2,1H3,(H,8,9);3,7H,4H2,1-2H3;7H,1,3-4H2,2H3;2*2H2/q;;;;;;2*+1/p-1/b19-11+,20-14+,21-16+;14-9+,15-11+;10-7+;;;;;/t;;;6-;;;;/m...1..../s1. The van der Waals surface area contributed by atoms with Crippen LogP contribution in [0, 0.1) is 0 Å². The molecule has 0 saturated heterocycles. The Balaban J connectivity index is -0.000000150. The van der Waals surface area contributed by atoms with Gasteiger partial charge in [0, 0.05) is 27.4 Å². The minimum absolute atomic E-state index is 0.0565. The number of halogens is 2. The van der Waals surface area contributed by atoms with Crippen molar-refractivity contribution in [2.24, 2.45) is 0 Å². The maximum Gasteiger partial charge on any atom is 0.406 e. The predicted octanol–water partition coefficient (Wildman–Crippen LogP) is 26.4. The lowest BCUT2D eigenvalue weighted by Gasteiger charge is -2.22. The summed E-state index contributed by atoms with van der Waals surface area (Å²) < 4.78 is 72.3. The maximum atomic E-state index is 10.8. The van der Waals surface area contributed by atoms with Gasteiger partial charge in [-0.05, 0) is 279 Å². The van der Waals surface area contributed by atoms with E-state index in [1.165, 1.54) is 107 Å². The molecular formula is C62H115F2O9P14S2+. The smallest absolute Gasteiger partial charge is 0.406 e. The van der Waals surface area contributed by atoms with Crippen LogP contribution in [0.1, 0.15) is 214 Å². The van der Waals surface area contributed by atoms with Crippen LogP contribution in [0.25, 0.3) is 0 Å². The molecule has 0 spiro atoms. The molecule has 2 N–H and O–H groups in total. The van der Waals surface area contributed by atoms with Crippen LogP contribution in [0.3, 0.4) is 0 Å². The number of carbonyl (C=O) groups is 1. The summed E-state index contributed by atoms with van der Waals surface area (Å²) in [6.45, 7) is 33.8. The number of rotatable bonds is 39. The summed E-state index contributed by atoms with van der Waals surface area (Å²) in [5.74, 6) is -1.31. The number of allylic oxidation sites excluding steroid dienone is 21. The predicted molar refractivity (Wildman–Crippen MR) is 426 cm³/mol. The third kappa shape index (κ3) is 130. The van der Waals surface area contributed by atoms with E-state index in [1.807, 2.05) is 38.6 Å². The number of carbonyl (C=O) groups excluding carboxylic acids is 1.